The van der Waals surface area contributed by atoms with Crippen molar-refractivity contribution in [3.05, 3.63) is 71.4 Å². The van der Waals surface area contributed by atoms with Gasteiger partial charge >= 0.3 is 11.8 Å². The number of nitrogens with two attached hydrogens (primary N) is 1. The Bertz CT molecular complexity index is 1370. The average molecular weight is 460 g/mol. The number of anilines is 1. The third-order valence-corrected chi connectivity index (χ3v) is 6.14. The number of carboxylic acid groups (broad SMARTS) is 1. The highest BCUT2D eigenvalue weighted by molar-refractivity contribution is 5.84. The summed E-state index contributed by atoms with van der Waals surface area (Å²) in [6.07, 6.45) is 2.91. The highest BCUT2D eigenvalue weighted by Gasteiger charge is 2.29. The molecule has 2 aromatic carbocycles. The third-order valence-electron chi connectivity index (χ3n) is 6.14. The van der Waals surface area contributed by atoms with E-state index in [0.29, 0.717) is 48.3 Å². The summed E-state index contributed by atoms with van der Waals surface area (Å²) in [6.45, 7) is 0. The molecule has 5 rings (SSSR count). The van der Waals surface area contributed by atoms with Gasteiger partial charge in [0.25, 0.3) is 0 Å². The SMILES string of the molecule is Nc1ncnc2c1n(-c1ccc(Oc3ccccc3)cc1)c(=O)n2[C@H]1CC[C@H](NC(=O)O)CC1. The van der Waals surface area contributed by atoms with Crippen molar-refractivity contribution in [3.8, 4) is 17.2 Å². The molecule has 0 radical (unpaired) electrons. The topological polar surface area (TPSA) is 137 Å². The molecule has 0 atom stereocenters. The highest BCUT2D eigenvalue weighted by atomic mass is 16.5. The van der Waals surface area contributed by atoms with E-state index < -0.39 is 6.09 Å². The van der Waals surface area contributed by atoms with Gasteiger partial charge in [0.15, 0.2) is 11.5 Å². The summed E-state index contributed by atoms with van der Waals surface area (Å²) in [4.78, 5) is 33.1. The van der Waals surface area contributed by atoms with Crippen molar-refractivity contribution in [2.24, 2.45) is 0 Å². The number of carbonyl (C=O) groups is 1. The minimum atomic E-state index is -1.03. The molecule has 1 fully saturated rings. The molecule has 4 N–H and O–H groups in total. The first-order valence-corrected chi connectivity index (χ1v) is 11.1. The molecule has 10 heteroatoms. The Labute approximate surface area is 194 Å². The number of fused-ring (bicyclic) bond motifs is 1. The van der Waals surface area contributed by atoms with Gasteiger partial charge < -0.3 is 20.9 Å². The summed E-state index contributed by atoms with van der Waals surface area (Å²) in [5.74, 6) is 1.57. The van der Waals surface area contributed by atoms with E-state index in [2.05, 4.69) is 15.3 Å². The molecule has 1 aliphatic rings. The van der Waals surface area contributed by atoms with Gasteiger partial charge in [-0.2, -0.15) is 0 Å². The fourth-order valence-corrected chi connectivity index (χ4v) is 4.58. The van der Waals surface area contributed by atoms with E-state index in [1.54, 1.807) is 28.8 Å². The van der Waals surface area contributed by atoms with Gasteiger partial charge in [-0.05, 0) is 62.1 Å². The van der Waals surface area contributed by atoms with E-state index in [4.69, 9.17) is 15.6 Å². The number of amides is 1. The van der Waals surface area contributed by atoms with Crippen LogP contribution in [0.4, 0.5) is 10.6 Å². The van der Waals surface area contributed by atoms with Gasteiger partial charge in [-0.25, -0.2) is 19.6 Å². The summed E-state index contributed by atoms with van der Waals surface area (Å²) in [5, 5.41) is 11.5. The first-order chi connectivity index (χ1) is 16.5. The van der Waals surface area contributed by atoms with Crippen LogP contribution in [-0.4, -0.2) is 36.3 Å². The average Bonchev–Trinajstić information content (AvgIpc) is 3.13. The largest absolute Gasteiger partial charge is 0.465 e. The molecule has 34 heavy (non-hydrogen) atoms. The number of para-hydroxylation sites is 1. The number of rotatable bonds is 5. The number of imidazole rings is 1. The van der Waals surface area contributed by atoms with Crippen LogP contribution >= 0.6 is 0 Å². The van der Waals surface area contributed by atoms with Crippen molar-refractivity contribution in [2.75, 3.05) is 5.73 Å². The number of aromatic nitrogens is 4. The molecule has 0 saturated heterocycles. The number of hydrogen-bond donors (Lipinski definition) is 3. The lowest BCUT2D eigenvalue weighted by molar-refractivity contribution is 0.182. The Kier molecular flexibility index (Phi) is 5.62. The van der Waals surface area contributed by atoms with Crippen LogP contribution in [0.15, 0.2) is 65.7 Å². The van der Waals surface area contributed by atoms with Crippen LogP contribution in [0.2, 0.25) is 0 Å². The molecule has 1 aliphatic carbocycles. The molecule has 0 bridgehead atoms. The highest BCUT2D eigenvalue weighted by Crippen LogP contribution is 2.32. The molecule has 0 spiro atoms. The minimum Gasteiger partial charge on any atom is -0.465 e. The van der Waals surface area contributed by atoms with E-state index >= 15 is 0 Å². The third kappa shape index (κ3) is 4.05. The predicted octanol–water partition coefficient (Wildman–Crippen LogP) is 3.71. The summed E-state index contributed by atoms with van der Waals surface area (Å²) in [5.41, 5.74) is 7.48. The van der Waals surface area contributed by atoms with E-state index in [1.807, 2.05) is 30.3 Å². The zero-order valence-electron chi connectivity index (χ0n) is 18.3. The lowest BCUT2D eigenvalue weighted by Crippen LogP contribution is -2.38. The van der Waals surface area contributed by atoms with E-state index in [-0.39, 0.29) is 23.6 Å². The van der Waals surface area contributed by atoms with Crippen LogP contribution in [0, 0.1) is 0 Å². The molecule has 10 nitrogen and oxygen atoms in total. The van der Waals surface area contributed by atoms with Crippen LogP contribution in [0.25, 0.3) is 16.9 Å². The molecule has 0 unspecified atom stereocenters. The van der Waals surface area contributed by atoms with Crippen molar-refractivity contribution < 1.29 is 14.6 Å². The standard InChI is InChI=1S/C24H24N6O4/c25-21-20-22(27-14-26-21)30(17-8-6-15(7-9-17)28-23(31)32)24(33)29(20)16-10-12-19(13-11-16)34-18-4-2-1-3-5-18/h1-5,10-15,17,28H,6-9H2,(H,31,32)(H2,25,26,27)/t15-,17-. The van der Waals surface area contributed by atoms with Crippen LogP contribution in [0.5, 0.6) is 11.5 Å². The van der Waals surface area contributed by atoms with Crippen LogP contribution in [-0.2, 0) is 0 Å². The van der Waals surface area contributed by atoms with Gasteiger partial charge in [0.05, 0.1) is 5.69 Å². The molecule has 1 amide bonds. The normalized spacial score (nSPS) is 18.0. The van der Waals surface area contributed by atoms with Gasteiger partial charge in [0, 0.05) is 12.1 Å². The van der Waals surface area contributed by atoms with Crippen molar-refractivity contribution >= 4 is 23.1 Å². The Morgan fingerprint density at radius 2 is 1.68 bits per heavy atom. The molecule has 2 aromatic heterocycles. The fraction of sp³-hybridized carbons (Fsp3) is 0.250. The number of ether oxygens (including phenoxy) is 1. The maximum absolute atomic E-state index is 13.6. The summed E-state index contributed by atoms with van der Waals surface area (Å²) in [7, 11) is 0. The number of hydrogen-bond acceptors (Lipinski definition) is 6. The zero-order valence-corrected chi connectivity index (χ0v) is 18.3. The maximum atomic E-state index is 13.6. The van der Waals surface area contributed by atoms with E-state index in [0.717, 1.165) is 5.75 Å². The predicted molar refractivity (Wildman–Crippen MR) is 127 cm³/mol. The second-order valence-electron chi connectivity index (χ2n) is 8.28. The van der Waals surface area contributed by atoms with Gasteiger partial charge in [-0.15, -0.1) is 0 Å². The Morgan fingerprint density at radius 3 is 2.35 bits per heavy atom. The van der Waals surface area contributed by atoms with Crippen molar-refractivity contribution in [2.45, 2.75) is 37.8 Å². The molecule has 174 valence electrons. The smallest absolute Gasteiger partial charge is 0.404 e. The monoisotopic (exact) mass is 460 g/mol. The van der Waals surface area contributed by atoms with E-state index in [9.17, 15) is 9.59 Å². The zero-order chi connectivity index (χ0) is 23.7. The number of nitrogen functional groups attached to an aromatic ring is 1. The van der Waals surface area contributed by atoms with E-state index in [1.165, 1.54) is 10.9 Å². The Morgan fingerprint density at radius 1 is 1.00 bits per heavy atom. The minimum absolute atomic E-state index is 0.113. The lowest BCUT2D eigenvalue weighted by Gasteiger charge is -2.28. The van der Waals surface area contributed by atoms with Crippen LogP contribution in [0.3, 0.4) is 0 Å². The molecule has 1 saturated carbocycles. The molecule has 2 heterocycles. The summed E-state index contributed by atoms with van der Waals surface area (Å²) in [6, 6.07) is 16.4. The quantitative estimate of drug-likeness (QED) is 0.413. The van der Waals surface area contributed by atoms with Crippen molar-refractivity contribution in [1.29, 1.82) is 0 Å². The first kappa shape index (κ1) is 21.5. The first-order valence-electron chi connectivity index (χ1n) is 11.1. The van der Waals surface area contributed by atoms with Gasteiger partial charge in [0.1, 0.15) is 23.3 Å². The van der Waals surface area contributed by atoms with Crippen molar-refractivity contribution in [1.82, 2.24) is 24.4 Å². The lowest BCUT2D eigenvalue weighted by atomic mass is 9.91. The fourth-order valence-electron chi connectivity index (χ4n) is 4.58. The maximum Gasteiger partial charge on any atom is 0.404 e. The Hall–Kier alpha value is -4.34. The number of nitrogens with one attached hydrogen (secondary N) is 1. The van der Waals surface area contributed by atoms with Gasteiger partial charge in [-0.3, -0.25) is 9.13 Å². The molecular weight excluding hydrogens is 436 g/mol. The molecule has 4 aromatic rings. The van der Waals surface area contributed by atoms with Crippen LogP contribution in [0.1, 0.15) is 31.7 Å². The second kappa shape index (κ2) is 8.89. The number of nitrogens with zero attached hydrogens (tertiary/aromatic N) is 4. The summed E-state index contributed by atoms with van der Waals surface area (Å²) < 4.78 is 9.05. The van der Waals surface area contributed by atoms with Crippen LogP contribution < -0.4 is 21.5 Å². The Balaban J connectivity index is 1.49. The molecule has 0 aliphatic heterocycles. The van der Waals surface area contributed by atoms with Gasteiger partial charge in [-0.1, -0.05) is 18.2 Å². The summed E-state index contributed by atoms with van der Waals surface area (Å²) >= 11 is 0. The van der Waals surface area contributed by atoms with Gasteiger partial charge in [0.2, 0.25) is 0 Å². The second-order valence-corrected chi connectivity index (χ2v) is 8.28. The molecular formula is C24H24N6O4. The van der Waals surface area contributed by atoms with Crippen molar-refractivity contribution in [3.63, 3.8) is 0 Å². The number of benzene rings is 2.